The van der Waals surface area contributed by atoms with E-state index in [2.05, 4.69) is 30.7 Å². The molecule has 0 bridgehead atoms. The van der Waals surface area contributed by atoms with Crippen molar-refractivity contribution in [2.45, 2.75) is 58.8 Å². The summed E-state index contributed by atoms with van der Waals surface area (Å²) in [5.41, 5.74) is 0.854. The molecule has 198 valence electrons. The van der Waals surface area contributed by atoms with Crippen molar-refractivity contribution in [1.29, 1.82) is 0 Å². The summed E-state index contributed by atoms with van der Waals surface area (Å²) in [4.78, 5) is 29.8. The first-order valence-electron chi connectivity index (χ1n) is 13.5. The second-order valence-corrected chi connectivity index (χ2v) is 10.2. The zero-order valence-electron chi connectivity index (χ0n) is 22.1. The van der Waals surface area contributed by atoms with E-state index < -0.39 is 12.0 Å². The molecular formula is C30H30BN3O5. The van der Waals surface area contributed by atoms with Gasteiger partial charge < -0.3 is 10.0 Å². The Kier molecular flexibility index (Phi) is 7.51. The highest BCUT2D eigenvalue weighted by molar-refractivity contribution is 6.62. The molecule has 1 unspecified atom stereocenters. The lowest BCUT2D eigenvalue weighted by Crippen LogP contribution is -2.31. The van der Waals surface area contributed by atoms with Crippen molar-refractivity contribution >= 4 is 56.5 Å². The lowest BCUT2D eigenvalue weighted by Gasteiger charge is -2.10. The molecule has 9 heteroatoms. The summed E-state index contributed by atoms with van der Waals surface area (Å²) in [6.07, 6.45) is 8.24. The number of imidazole rings is 1. The van der Waals surface area contributed by atoms with Gasteiger partial charge in [0.25, 0.3) is 11.2 Å². The van der Waals surface area contributed by atoms with Crippen LogP contribution in [0.5, 0.6) is 0 Å². The van der Waals surface area contributed by atoms with Crippen LogP contribution in [-0.4, -0.2) is 31.5 Å². The number of nitrogens with zero attached hydrogens (tertiary/aromatic N) is 3. The fourth-order valence-corrected chi connectivity index (χ4v) is 5.41. The van der Waals surface area contributed by atoms with Crippen LogP contribution in [0, 0.1) is 27.9 Å². The van der Waals surface area contributed by atoms with Gasteiger partial charge in [-0.05, 0) is 29.4 Å². The number of hydrogen-bond donors (Lipinski definition) is 2. The Labute approximate surface area is 225 Å². The lowest BCUT2D eigenvalue weighted by atomic mass is 9.76. The number of rotatable bonds is 9. The molecule has 3 aromatic carbocycles. The normalized spacial score (nSPS) is 12.3. The summed E-state index contributed by atoms with van der Waals surface area (Å²) in [6, 6.07) is 11.4. The van der Waals surface area contributed by atoms with E-state index in [1.165, 1.54) is 48.6 Å². The molecule has 0 saturated carbocycles. The molecule has 1 atom stereocenters. The fraction of sp³-hybridized carbons (Fsp3) is 0.333. The van der Waals surface area contributed by atoms with Gasteiger partial charge in [0.15, 0.2) is 5.52 Å². The highest BCUT2D eigenvalue weighted by atomic mass is 16.6. The van der Waals surface area contributed by atoms with Crippen LogP contribution in [0.15, 0.2) is 47.3 Å². The molecule has 0 amide bonds. The van der Waals surface area contributed by atoms with Crippen LogP contribution >= 0.6 is 0 Å². The topological polar surface area (TPSA) is 118 Å². The molecular weight excluding hydrogens is 493 g/mol. The molecule has 0 radical (unpaired) electrons. The van der Waals surface area contributed by atoms with Crippen molar-refractivity contribution in [3.05, 3.63) is 68.5 Å². The largest absolute Gasteiger partial charge is 0.489 e. The summed E-state index contributed by atoms with van der Waals surface area (Å²) < 4.78 is 1.40. The van der Waals surface area contributed by atoms with E-state index in [0.29, 0.717) is 32.6 Å². The molecule has 8 nitrogen and oxygen atoms in total. The summed E-state index contributed by atoms with van der Waals surface area (Å²) in [5, 5.41) is 33.7. The zero-order valence-corrected chi connectivity index (χ0v) is 22.1. The van der Waals surface area contributed by atoms with Gasteiger partial charge in [-0.15, -0.1) is 0 Å². The van der Waals surface area contributed by atoms with Gasteiger partial charge in [0.2, 0.25) is 0 Å². The maximum Gasteiger partial charge on any atom is 0.489 e. The third kappa shape index (κ3) is 4.94. The Morgan fingerprint density at radius 1 is 1.05 bits per heavy atom. The quantitative estimate of drug-likeness (QED) is 0.0932. The first-order chi connectivity index (χ1) is 18.8. The fourth-order valence-electron chi connectivity index (χ4n) is 5.41. The molecule has 5 rings (SSSR count). The summed E-state index contributed by atoms with van der Waals surface area (Å²) in [6.45, 7) is 4.26. The van der Waals surface area contributed by atoms with E-state index in [9.17, 15) is 25.0 Å². The molecule has 0 saturated heterocycles. The molecule has 2 heterocycles. The molecule has 39 heavy (non-hydrogen) atoms. The highest BCUT2D eigenvalue weighted by Gasteiger charge is 2.24. The highest BCUT2D eigenvalue weighted by Crippen LogP contribution is 2.32. The number of nitro benzene ring substituents is 1. The van der Waals surface area contributed by atoms with Gasteiger partial charge in [0.1, 0.15) is 5.65 Å². The van der Waals surface area contributed by atoms with Crippen LogP contribution in [0.4, 0.5) is 5.69 Å². The van der Waals surface area contributed by atoms with Crippen molar-refractivity contribution in [3.63, 3.8) is 0 Å². The number of hydrogen-bond acceptors (Lipinski definition) is 6. The van der Waals surface area contributed by atoms with Crippen molar-refractivity contribution in [1.82, 2.24) is 9.38 Å². The molecule has 5 aromatic rings. The molecule has 0 aliphatic rings. The minimum absolute atomic E-state index is 0.112. The van der Waals surface area contributed by atoms with Gasteiger partial charge in [-0.3, -0.25) is 19.3 Å². The zero-order chi connectivity index (χ0) is 27.7. The summed E-state index contributed by atoms with van der Waals surface area (Å²) >= 11 is 0. The predicted octanol–water partition coefficient (Wildman–Crippen LogP) is 4.92. The maximum atomic E-state index is 13.7. The van der Waals surface area contributed by atoms with Crippen molar-refractivity contribution in [3.8, 4) is 11.8 Å². The van der Waals surface area contributed by atoms with Crippen LogP contribution in [-0.2, 0) is 0 Å². The van der Waals surface area contributed by atoms with Crippen LogP contribution in [0.2, 0.25) is 0 Å². The van der Waals surface area contributed by atoms with E-state index in [1.807, 2.05) is 0 Å². The number of aromatic nitrogens is 2. The Hall–Kier alpha value is -4.00. The third-order valence-corrected chi connectivity index (χ3v) is 7.42. The van der Waals surface area contributed by atoms with E-state index in [1.54, 1.807) is 30.3 Å². The third-order valence-electron chi connectivity index (χ3n) is 7.42. The minimum Gasteiger partial charge on any atom is -0.423 e. The van der Waals surface area contributed by atoms with Crippen LogP contribution in [0.25, 0.3) is 38.2 Å². The SMILES string of the molecule is CCCCCCCCC(C)C#Cc1cc([N+](=O)[O-])c2nc3c4cccc5c(B(O)O)ccc(c(=O)n3c2c1)c54. The minimum atomic E-state index is -1.71. The Morgan fingerprint density at radius 2 is 1.79 bits per heavy atom. The van der Waals surface area contributed by atoms with Gasteiger partial charge in [-0.1, -0.05) is 88.5 Å². The predicted molar refractivity (Wildman–Crippen MR) is 156 cm³/mol. The van der Waals surface area contributed by atoms with E-state index in [-0.39, 0.29) is 33.8 Å². The van der Waals surface area contributed by atoms with Crippen molar-refractivity contribution < 1.29 is 15.0 Å². The van der Waals surface area contributed by atoms with E-state index in [4.69, 9.17) is 0 Å². The van der Waals surface area contributed by atoms with Gasteiger partial charge in [-0.25, -0.2) is 4.98 Å². The van der Waals surface area contributed by atoms with Crippen molar-refractivity contribution in [2.24, 2.45) is 5.92 Å². The number of non-ortho nitro benzene ring substituents is 1. The Balaban J connectivity index is 1.62. The summed E-state index contributed by atoms with van der Waals surface area (Å²) in [5.74, 6) is 6.48. The molecule has 0 aliphatic heterocycles. The maximum absolute atomic E-state index is 13.7. The van der Waals surface area contributed by atoms with E-state index in [0.717, 1.165) is 12.8 Å². The Morgan fingerprint density at radius 3 is 2.54 bits per heavy atom. The second kappa shape index (κ2) is 11.0. The van der Waals surface area contributed by atoms with E-state index >= 15 is 0 Å². The monoisotopic (exact) mass is 523 g/mol. The number of fused-ring (bicyclic) bond motifs is 4. The first-order valence-corrected chi connectivity index (χ1v) is 13.5. The standard InChI is InChI=1S/C30H30BN3O5/c1-3-4-5-6-7-8-10-19(2)13-14-20-17-25-28(26(18-20)34(38)39)32-29-22-12-9-11-21-24(31(36)37)16-15-23(27(21)22)30(35)33(25)29/h9,11-12,15-19,36-37H,3-8,10H2,1-2H3. The first kappa shape index (κ1) is 26.6. The number of pyridine rings is 1. The molecule has 2 N–H and O–H groups in total. The molecule has 0 spiro atoms. The van der Waals surface area contributed by atoms with Crippen LogP contribution < -0.4 is 11.0 Å². The number of unbranched alkanes of at least 4 members (excludes halogenated alkanes) is 5. The molecule has 2 aromatic heterocycles. The average molecular weight is 523 g/mol. The van der Waals surface area contributed by atoms with Crippen LogP contribution in [0.3, 0.4) is 0 Å². The molecule has 0 fully saturated rings. The van der Waals surface area contributed by atoms with Crippen LogP contribution in [0.1, 0.15) is 64.4 Å². The number of nitro groups is 1. The Bertz CT molecular complexity index is 1820. The number of benzene rings is 3. The van der Waals surface area contributed by atoms with Gasteiger partial charge in [0.05, 0.1) is 10.4 Å². The summed E-state index contributed by atoms with van der Waals surface area (Å²) in [7, 11) is -1.71. The molecule has 0 aliphatic carbocycles. The van der Waals surface area contributed by atoms with Gasteiger partial charge in [0, 0.05) is 33.7 Å². The van der Waals surface area contributed by atoms with Crippen molar-refractivity contribution in [2.75, 3.05) is 0 Å². The lowest BCUT2D eigenvalue weighted by molar-refractivity contribution is -0.383. The second-order valence-electron chi connectivity index (χ2n) is 10.2. The average Bonchev–Trinajstić information content (AvgIpc) is 3.31. The van der Waals surface area contributed by atoms with Gasteiger partial charge >= 0.3 is 7.12 Å². The smallest absolute Gasteiger partial charge is 0.423 e. The van der Waals surface area contributed by atoms with Gasteiger partial charge in [-0.2, -0.15) is 0 Å².